The van der Waals surface area contributed by atoms with Gasteiger partial charge in [-0.2, -0.15) is 0 Å². The van der Waals surface area contributed by atoms with E-state index in [0.717, 1.165) is 6.07 Å². The van der Waals surface area contributed by atoms with Gasteiger partial charge in [-0.05, 0) is 0 Å². The van der Waals surface area contributed by atoms with E-state index in [0.29, 0.717) is 5.69 Å². The van der Waals surface area contributed by atoms with Gasteiger partial charge >= 0.3 is 0 Å². The van der Waals surface area contributed by atoms with Crippen LogP contribution < -0.4 is 5.43 Å². The van der Waals surface area contributed by atoms with Crippen molar-refractivity contribution in [3.8, 4) is 0 Å². The minimum atomic E-state index is -2.86. The van der Waals surface area contributed by atoms with Gasteiger partial charge in [0, 0.05) is 17.1 Å². The molecule has 1 rings (SSSR count). The average Bonchev–Trinajstić information content (AvgIpc) is 2.16. The number of carbonyl (C=O) groups excluding carboxylic acids is 1. The van der Waals surface area contributed by atoms with Crippen LogP contribution in [0, 0.1) is 0 Å². The van der Waals surface area contributed by atoms with Crippen molar-refractivity contribution >= 4 is 22.2 Å². The predicted molar refractivity (Wildman–Crippen MR) is 50.0 cm³/mol. The molecule has 0 radical (unpaired) electrons. The van der Waals surface area contributed by atoms with Gasteiger partial charge in [-0.3, -0.25) is 9.59 Å². The molecule has 0 aliphatic rings. The van der Waals surface area contributed by atoms with E-state index in [9.17, 15) is 18.4 Å². The van der Waals surface area contributed by atoms with Crippen molar-refractivity contribution in [3.05, 3.63) is 33.2 Å². The Balaban J connectivity index is 3.43. The second-order valence-corrected chi connectivity index (χ2v) is 3.10. The monoisotopic (exact) mass is 265 g/mol. The fourth-order valence-electron chi connectivity index (χ4n) is 1.01. The van der Waals surface area contributed by atoms with E-state index in [1.165, 1.54) is 0 Å². The summed E-state index contributed by atoms with van der Waals surface area (Å²) in [5.74, 6) is 0. The standard InChI is InChI=1S/C8H6BrF2NO2/c9-2-4-1-6(14)5(3-13)7(12-4)8(10)11/h1,3,8H,2H2,(H,12,14). The first-order chi connectivity index (χ1) is 6.60. The van der Waals surface area contributed by atoms with Crippen LogP contribution in [0.1, 0.15) is 28.2 Å². The summed E-state index contributed by atoms with van der Waals surface area (Å²) in [5, 5.41) is 0.251. The minimum Gasteiger partial charge on any atom is -0.356 e. The third kappa shape index (κ3) is 2.06. The highest BCUT2D eigenvalue weighted by molar-refractivity contribution is 9.08. The number of rotatable bonds is 3. The molecule has 14 heavy (non-hydrogen) atoms. The number of hydrogen-bond acceptors (Lipinski definition) is 2. The third-order valence-corrected chi connectivity index (χ3v) is 2.24. The lowest BCUT2D eigenvalue weighted by molar-refractivity contribution is 0.110. The normalized spacial score (nSPS) is 10.6. The van der Waals surface area contributed by atoms with Crippen molar-refractivity contribution < 1.29 is 13.6 Å². The third-order valence-electron chi connectivity index (χ3n) is 1.64. The number of nitrogens with one attached hydrogen (secondary N) is 1. The molecule has 0 fully saturated rings. The van der Waals surface area contributed by atoms with Gasteiger partial charge < -0.3 is 4.98 Å². The molecule has 0 unspecified atom stereocenters. The first-order valence-electron chi connectivity index (χ1n) is 3.65. The van der Waals surface area contributed by atoms with Crippen molar-refractivity contribution in [2.24, 2.45) is 0 Å². The van der Waals surface area contributed by atoms with Crippen LogP contribution in [0.25, 0.3) is 0 Å². The second-order valence-electron chi connectivity index (χ2n) is 2.54. The lowest BCUT2D eigenvalue weighted by Crippen LogP contribution is -2.14. The van der Waals surface area contributed by atoms with Gasteiger partial charge in [-0.15, -0.1) is 0 Å². The van der Waals surface area contributed by atoms with Gasteiger partial charge in [0.2, 0.25) is 0 Å². The quantitative estimate of drug-likeness (QED) is 0.672. The number of hydrogen-bond donors (Lipinski definition) is 1. The molecular weight excluding hydrogens is 260 g/mol. The Morgan fingerprint density at radius 1 is 1.57 bits per heavy atom. The Labute approximate surface area is 86.3 Å². The van der Waals surface area contributed by atoms with Crippen LogP contribution in [-0.2, 0) is 5.33 Å². The van der Waals surface area contributed by atoms with Crippen LogP contribution in [0.15, 0.2) is 10.9 Å². The van der Waals surface area contributed by atoms with Crippen LogP contribution in [0.2, 0.25) is 0 Å². The van der Waals surface area contributed by atoms with Gasteiger partial charge in [0.05, 0.1) is 11.3 Å². The molecule has 0 aromatic carbocycles. The zero-order valence-electron chi connectivity index (χ0n) is 6.89. The summed E-state index contributed by atoms with van der Waals surface area (Å²) < 4.78 is 24.7. The van der Waals surface area contributed by atoms with Gasteiger partial charge in [-0.1, -0.05) is 15.9 Å². The van der Waals surface area contributed by atoms with Gasteiger partial charge in [0.1, 0.15) is 0 Å². The molecule has 3 nitrogen and oxygen atoms in total. The summed E-state index contributed by atoms with van der Waals surface area (Å²) >= 11 is 3.02. The Hall–Kier alpha value is -1.04. The fraction of sp³-hybridized carbons (Fsp3) is 0.250. The molecule has 76 valence electrons. The number of aromatic nitrogens is 1. The van der Waals surface area contributed by atoms with Crippen LogP contribution in [0.4, 0.5) is 8.78 Å². The van der Waals surface area contributed by atoms with Crippen molar-refractivity contribution in [1.82, 2.24) is 4.98 Å². The molecule has 0 aliphatic heterocycles. The maximum Gasteiger partial charge on any atom is 0.279 e. The summed E-state index contributed by atoms with van der Waals surface area (Å²) in [7, 11) is 0. The first-order valence-corrected chi connectivity index (χ1v) is 4.77. The molecule has 1 aromatic heterocycles. The van der Waals surface area contributed by atoms with E-state index in [1.807, 2.05) is 0 Å². The second kappa shape index (κ2) is 4.45. The summed E-state index contributed by atoms with van der Waals surface area (Å²) in [6.07, 6.45) is -2.72. The zero-order valence-corrected chi connectivity index (χ0v) is 8.48. The van der Waals surface area contributed by atoms with Gasteiger partial charge in [0.15, 0.2) is 11.7 Å². The number of aromatic amines is 1. The molecule has 0 aliphatic carbocycles. The number of carbonyl (C=O) groups is 1. The van der Waals surface area contributed by atoms with Crippen LogP contribution in [0.5, 0.6) is 0 Å². The Bertz CT molecular complexity index is 403. The summed E-state index contributed by atoms with van der Waals surface area (Å²) in [5.41, 5.74) is -1.51. The van der Waals surface area contributed by atoms with Gasteiger partial charge in [0.25, 0.3) is 6.43 Å². The van der Waals surface area contributed by atoms with Gasteiger partial charge in [-0.25, -0.2) is 8.78 Å². The molecule has 0 bridgehead atoms. The van der Waals surface area contributed by atoms with Crippen LogP contribution in [-0.4, -0.2) is 11.3 Å². The van der Waals surface area contributed by atoms with E-state index in [1.54, 1.807) is 0 Å². The van der Waals surface area contributed by atoms with E-state index in [4.69, 9.17) is 0 Å². The highest BCUT2D eigenvalue weighted by Gasteiger charge is 2.16. The summed E-state index contributed by atoms with van der Waals surface area (Å²) in [4.78, 5) is 23.9. The van der Waals surface area contributed by atoms with Crippen molar-refractivity contribution in [3.63, 3.8) is 0 Å². The van der Waals surface area contributed by atoms with Crippen molar-refractivity contribution in [2.75, 3.05) is 0 Å². The molecule has 1 heterocycles. The maximum atomic E-state index is 12.4. The Morgan fingerprint density at radius 3 is 2.64 bits per heavy atom. The number of aldehydes is 1. The topological polar surface area (TPSA) is 49.9 Å². The fourth-order valence-corrected chi connectivity index (χ4v) is 1.31. The zero-order chi connectivity index (χ0) is 10.7. The molecule has 6 heteroatoms. The largest absolute Gasteiger partial charge is 0.356 e. The summed E-state index contributed by atoms with van der Waals surface area (Å²) in [6.45, 7) is 0. The number of H-pyrrole nitrogens is 1. The smallest absolute Gasteiger partial charge is 0.279 e. The molecule has 0 saturated heterocycles. The number of halogens is 3. The molecule has 0 amide bonds. The number of pyridine rings is 1. The lowest BCUT2D eigenvalue weighted by Gasteiger charge is -2.05. The van der Waals surface area contributed by atoms with E-state index in [-0.39, 0.29) is 11.6 Å². The number of alkyl halides is 3. The molecule has 0 saturated carbocycles. The molecule has 0 atom stereocenters. The Kier molecular flexibility index (Phi) is 3.51. The molecule has 0 spiro atoms. The van der Waals surface area contributed by atoms with E-state index >= 15 is 0 Å². The minimum absolute atomic E-state index is 0.137. The van der Waals surface area contributed by atoms with Crippen LogP contribution >= 0.6 is 15.9 Å². The van der Waals surface area contributed by atoms with E-state index in [2.05, 4.69) is 20.9 Å². The predicted octanol–water partition coefficient (Wildman–Crippen LogP) is 2.02. The highest BCUT2D eigenvalue weighted by atomic mass is 79.9. The maximum absolute atomic E-state index is 12.4. The Morgan fingerprint density at radius 2 is 2.21 bits per heavy atom. The SMILES string of the molecule is O=Cc1c(C(F)F)[nH]c(CBr)cc1=O. The lowest BCUT2D eigenvalue weighted by atomic mass is 10.2. The van der Waals surface area contributed by atoms with Crippen LogP contribution in [0.3, 0.4) is 0 Å². The molecule has 1 aromatic rings. The van der Waals surface area contributed by atoms with Crippen molar-refractivity contribution in [1.29, 1.82) is 0 Å². The molecule has 1 N–H and O–H groups in total. The van der Waals surface area contributed by atoms with Crippen molar-refractivity contribution in [2.45, 2.75) is 11.8 Å². The first kappa shape index (κ1) is 11.0. The average molecular weight is 266 g/mol. The molecular formula is C8H6BrF2NO2. The summed E-state index contributed by atoms with van der Waals surface area (Å²) in [6, 6.07) is 1.12. The van der Waals surface area contributed by atoms with E-state index < -0.39 is 23.1 Å². The highest BCUT2D eigenvalue weighted by Crippen LogP contribution is 2.18.